The third-order valence-corrected chi connectivity index (χ3v) is 0.333. The van der Waals surface area contributed by atoms with E-state index >= 15 is 0 Å². The molecule has 0 aliphatic rings. The van der Waals surface area contributed by atoms with Crippen LogP contribution in [-0.4, -0.2) is 26.2 Å². The molecule has 4 nitrogen and oxygen atoms in total. The fourth-order valence-electron chi connectivity index (χ4n) is 0. The van der Waals surface area contributed by atoms with Crippen LogP contribution in [0, 0.1) is 0 Å². The van der Waals surface area contributed by atoms with E-state index in [4.69, 9.17) is 22.9 Å². The molecule has 0 radical (unpaired) electrons. The first-order valence-electron chi connectivity index (χ1n) is 2.63. The van der Waals surface area contributed by atoms with Crippen LogP contribution in [0.5, 0.6) is 0 Å². The van der Waals surface area contributed by atoms with Gasteiger partial charge in [-0.2, -0.15) is 0 Å². The van der Waals surface area contributed by atoms with Crippen LogP contribution in [0.4, 0.5) is 0 Å². The fraction of sp³-hybridized carbons (Fsp3) is 1.00. The van der Waals surface area contributed by atoms with Crippen LogP contribution >= 0.6 is 12.4 Å². The Kier molecular flexibility index (Phi) is 73.8. The molecule has 0 spiro atoms. The summed E-state index contributed by atoms with van der Waals surface area (Å²) < 4.78 is 0. The maximum Gasteiger partial charge on any atom is 0.00461 e. The quantitative estimate of drug-likeness (QED) is 0.472. The molecule has 0 saturated carbocycles. The van der Waals surface area contributed by atoms with E-state index in [1.165, 1.54) is 0 Å². The molecule has 0 aliphatic carbocycles. The molecule has 0 aromatic heterocycles. The van der Waals surface area contributed by atoms with Gasteiger partial charge in [0.05, 0.1) is 0 Å². The van der Waals surface area contributed by atoms with E-state index in [2.05, 4.69) is 0 Å². The summed E-state index contributed by atoms with van der Waals surface area (Å²) in [5.41, 5.74) is 19.6. The van der Waals surface area contributed by atoms with Crippen LogP contribution in [0.3, 0.4) is 0 Å². The second kappa shape index (κ2) is 32.9. The van der Waals surface area contributed by atoms with Gasteiger partial charge in [-0.05, 0) is 0 Å². The first kappa shape index (κ1) is 22.4. The number of hydrogen-bond acceptors (Lipinski definition) is 4. The molecule has 10 heavy (non-hydrogen) atoms. The van der Waals surface area contributed by atoms with Gasteiger partial charge in [0.1, 0.15) is 0 Å². The number of rotatable bonds is 2. The molecule has 0 rings (SSSR count). The van der Waals surface area contributed by atoms with Crippen molar-refractivity contribution in [1.29, 1.82) is 0 Å². The topological polar surface area (TPSA) is 104 Å². The number of hydrogen-bond donors (Lipinski definition) is 4. The molecule has 0 fully saturated rings. The molecular formula is C4H17ClN4Pt. The van der Waals surface area contributed by atoms with E-state index < -0.39 is 0 Å². The average Bonchev–Trinajstić information content (AvgIpc) is 1.88. The smallest absolute Gasteiger partial charge is 0.00461 e. The predicted octanol–water partition coefficient (Wildman–Crippen LogP) is -1.77. The van der Waals surface area contributed by atoms with Gasteiger partial charge >= 0.3 is 0 Å². The molecule has 0 unspecified atom stereocenters. The zero-order valence-corrected chi connectivity index (χ0v) is 8.95. The fourth-order valence-corrected chi connectivity index (χ4v) is 0. The van der Waals surface area contributed by atoms with Crippen LogP contribution in [0.1, 0.15) is 0 Å². The standard InChI is InChI=1S/2C2H8N2.ClH.Pt/c2*3-1-2-4;;/h2*1-4H2;1H;. The Bertz CT molecular complexity index is 25.2. The van der Waals surface area contributed by atoms with Crippen molar-refractivity contribution >= 4 is 12.4 Å². The van der Waals surface area contributed by atoms with Crippen molar-refractivity contribution < 1.29 is 21.1 Å². The zero-order valence-electron chi connectivity index (χ0n) is 5.86. The first-order valence-corrected chi connectivity index (χ1v) is 2.63. The Hall–Kier alpha value is 0.818. The van der Waals surface area contributed by atoms with Gasteiger partial charge in [-0.1, -0.05) is 0 Å². The van der Waals surface area contributed by atoms with E-state index in [1.54, 1.807) is 0 Å². The van der Waals surface area contributed by atoms with E-state index in [-0.39, 0.29) is 33.5 Å². The Morgan fingerprint density at radius 3 is 0.700 bits per heavy atom. The molecule has 0 heterocycles. The van der Waals surface area contributed by atoms with E-state index in [1.807, 2.05) is 0 Å². The van der Waals surface area contributed by atoms with Gasteiger partial charge in [0.25, 0.3) is 0 Å². The summed E-state index contributed by atoms with van der Waals surface area (Å²) in [5, 5.41) is 0. The minimum Gasteiger partial charge on any atom is -0.329 e. The van der Waals surface area contributed by atoms with Crippen LogP contribution in [0.15, 0.2) is 0 Å². The van der Waals surface area contributed by atoms with Crippen molar-refractivity contribution in [2.75, 3.05) is 26.2 Å². The van der Waals surface area contributed by atoms with Crippen molar-refractivity contribution in [2.24, 2.45) is 22.9 Å². The average molecular weight is 352 g/mol. The molecule has 0 amide bonds. The molecule has 0 aromatic carbocycles. The van der Waals surface area contributed by atoms with Crippen LogP contribution in [0.25, 0.3) is 0 Å². The van der Waals surface area contributed by atoms with Crippen molar-refractivity contribution in [3.8, 4) is 0 Å². The predicted molar refractivity (Wildman–Crippen MR) is 43.5 cm³/mol. The van der Waals surface area contributed by atoms with E-state index in [0.717, 1.165) is 0 Å². The molecule has 0 aliphatic heterocycles. The van der Waals surface area contributed by atoms with Crippen molar-refractivity contribution in [2.45, 2.75) is 0 Å². The van der Waals surface area contributed by atoms with Gasteiger partial charge in [-0.25, -0.2) is 0 Å². The van der Waals surface area contributed by atoms with Crippen LogP contribution < -0.4 is 22.9 Å². The van der Waals surface area contributed by atoms with Gasteiger partial charge in [-0.15, -0.1) is 12.4 Å². The van der Waals surface area contributed by atoms with Crippen molar-refractivity contribution in [1.82, 2.24) is 0 Å². The van der Waals surface area contributed by atoms with E-state index in [0.29, 0.717) is 26.2 Å². The van der Waals surface area contributed by atoms with Gasteiger partial charge in [0, 0.05) is 47.2 Å². The van der Waals surface area contributed by atoms with Gasteiger partial charge in [0.2, 0.25) is 0 Å². The molecule has 70 valence electrons. The summed E-state index contributed by atoms with van der Waals surface area (Å²) in [6.45, 7) is 2.39. The summed E-state index contributed by atoms with van der Waals surface area (Å²) in [4.78, 5) is 0. The Balaban J connectivity index is -0.0000000300. The Morgan fingerprint density at radius 2 is 0.700 bits per heavy atom. The van der Waals surface area contributed by atoms with E-state index in [9.17, 15) is 0 Å². The molecular weight excluding hydrogens is 335 g/mol. The molecule has 0 aromatic rings. The maximum absolute atomic E-state index is 4.90. The summed E-state index contributed by atoms with van der Waals surface area (Å²) in [6, 6.07) is 0. The normalized spacial score (nSPS) is 6.00. The maximum atomic E-state index is 4.90. The summed E-state index contributed by atoms with van der Waals surface area (Å²) in [5.74, 6) is 0. The van der Waals surface area contributed by atoms with Gasteiger partial charge in [-0.3, -0.25) is 0 Å². The monoisotopic (exact) mass is 351 g/mol. The van der Waals surface area contributed by atoms with Crippen molar-refractivity contribution in [3.05, 3.63) is 0 Å². The van der Waals surface area contributed by atoms with Gasteiger partial charge in [0.15, 0.2) is 0 Å². The summed E-state index contributed by atoms with van der Waals surface area (Å²) in [6.07, 6.45) is 0. The molecule has 0 bridgehead atoms. The summed E-state index contributed by atoms with van der Waals surface area (Å²) in [7, 11) is 0. The Morgan fingerprint density at radius 1 is 0.600 bits per heavy atom. The third-order valence-electron chi connectivity index (χ3n) is 0.333. The zero-order chi connectivity index (χ0) is 6.83. The molecule has 8 N–H and O–H groups in total. The van der Waals surface area contributed by atoms with Crippen LogP contribution in [0.2, 0.25) is 0 Å². The van der Waals surface area contributed by atoms with Crippen molar-refractivity contribution in [3.63, 3.8) is 0 Å². The third kappa shape index (κ3) is 67.9. The summed E-state index contributed by atoms with van der Waals surface area (Å²) >= 11 is 0. The Labute approximate surface area is 82.7 Å². The minimum atomic E-state index is 0. The molecule has 6 heteroatoms. The van der Waals surface area contributed by atoms with Gasteiger partial charge < -0.3 is 22.9 Å². The molecule has 0 saturated heterocycles. The molecule has 0 atom stereocenters. The first-order chi connectivity index (χ1) is 3.83. The SMILES string of the molecule is Cl.NCCN.NCCN.[Pt]. The second-order valence-corrected chi connectivity index (χ2v) is 1.15. The van der Waals surface area contributed by atoms with Crippen LogP contribution in [-0.2, 0) is 21.1 Å². The number of nitrogens with two attached hydrogens (primary N) is 4. The number of halogens is 1. The minimum absolute atomic E-state index is 0. The largest absolute Gasteiger partial charge is 0.329 e. The second-order valence-electron chi connectivity index (χ2n) is 1.15.